The number of methoxy groups -OCH3 is 1. The van der Waals surface area contributed by atoms with E-state index in [1.807, 2.05) is 18.5 Å². The second-order valence-electron chi connectivity index (χ2n) is 2.96. The summed E-state index contributed by atoms with van der Waals surface area (Å²) in [6, 6.07) is 3.25. The molecule has 0 bridgehead atoms. The summed E-state index contributed by atoms with van der Waals surface area (Å²) in [6.07, 6.45) is 0.749. The number of aryl methyl sites for hydroxylation is 1. The second kappa shape index (κ2) is 4.93. The maximum Gasteiger partial charge on any atom is 0.165 e. The molecule has 0 heterocycles. The Morgan fingerprint density at radius 3 is 2.71 bits per heavy atom. The zero-order chi connectivity index (χ0) is 10.6. The van der Waals surface area contributed by atoms with E-state index in [0.29, 0.717) is 5.56 Å². The topological polar surface area (TPSA) is 41.5 Å². The summed E-state index contributed by atoms with van der Waals surface area (Å²) in [7, 11) is 1.41. The molecule has 0 aliphatic carbocycles. The van der Waals surface area contributed by atoms with Gasteiger partial charge in [-0.2, -0.15) is 0 Å². The van der Waals surface area contributed by atoms with Crippen molar-refractivity contribution in [2.45, 2.75) is 19.9 Å². The molecule has 3 nitrogen and oxygen atoms in total. The number of ether oxygens (including phenoxy) is 1. The van der Waals surface area contributed by atoms with Gasteiger partial charge in [0.25, 0.3) is 0 Å². The minimum atomic E-state index is -0.392. The van der Waals surface area contributed by atoms with E-state index in [2.05, 4.69) is 0 Å². The van der Waals surface area contributed by atoms with E-state index < -0.39 is 5.82 Å². The Hall–Kier alpha value is -1.13. The molecule has 2 N–H and O–H groups in total. The molecule has 1 aromatic carbocycles. The van der Waals surface area contributed by atoms with Crippen molar-refractivity contribution in [1.82, 2.24) is 5.48 Å². The van der Waals surface area contributed by atoms with E-state index in [0.717, 1.165) is 12.0 Å². The van der Waals surface area contributed by atoms with Gasteiger partial charge in [-0.1, -0.05) is 13.0 Å². The molecule has 0 aliphatic rings. The van der Waals surface area contributed by atoms with Crippen molar-refractivity contribution in [2.75, 3.05) is 7.11 Å². The van der Waals surface area contributed by atoms with Crippen molar-refractivity contribution in [3.8, 4) is 5.75 Å². The fraction of sp³-hybridized carbons (Fsp3) is 0.400. The molecule has 0 fully saturated rings. The highest BCUT2D eigenvalue weighted by molar-refractivity contribution is 5.38. The Labute approximate surface area is 82.5 Å². The van der Waals surface area contributed by atoms with Crippen LogP contribution in [0, 0.1) is 5.82 Å². The van der Waals surface area contributed by atoms with Crippen molar-refractivity contribution >= 4 is 0 Å². The number of hydrogen-bond acceptors (Lipinski definition) is 3. The number of nitrogens with one attached hydrogen (secondary N) is 1. The highest BCUT2D eigenvalue weighted by Gasteiger charge is 2.10. The summed E-state index contributed by atoms with van der Waals surface area (Å²) in [5.41, 5.74) is 3.49. The number of hydrogen-bond donors (Lipinski definition) is 2. The molecule has 1 aromatic rings. The third-order valence-electron chi connectivity index (χ3n) is 2.06. The zero-order valence-corrected chi connectivity index (χ0v) is 8.30. The summed E-state index contributed by atoms with van der Waals surface area (Å²) in [4.78, 5) is 0. The lowest BCUT2D eigenvalue weighted by Crippen LogP contribution is -2.09. The predicted molar refractivity (Wildman–Crippen MR) is 51.0 cm³/mol. The second-order valence-corrected chi connectivity index (χ2v) is 2.96. The first-order valence-electron chi connectivity index (χ1n) is 4.45. The third kappa shape index (κ3) is 2.21. The van der Waals surface area contributed by atoms with E-state index >= 15 is 0 Å². The Bertz CT molecular complexity index is 315. The lowest BCUT2D eigenvalue weighted by atomic mass is 10.1. The third-order valence-corrected chi connectivity index (χ3v) is 2.06. The van der Waals surface area contributed by atoms with E-state index in [4.69, 9.17) is 9.94 Å². The van der Waals surface area contributed by atoms with Gasteiger partial charge in [0, 0.05) is 12.1 Å². The number of benzene rings is 1. The minimum Gasteiger partial charge on any atom is -0.493 e. The lowest BCUT2D eigenvalue weighted by Gasteiger charge is -2.10. The van der Waals surface area contributed by atoms with Gasteiger partial charge in [0.05, 0.1) is 7.11 Å². The average molecular weight is 199 g/mol. The van der Waals surface area contributed by atoms with Crippen LogP contribution in [-0.2, 0) is 13.0 Å². The fourth-order valence-electron chi connectivity index (χ4n) is 1.36. The average Bonchev–Trinajstić information content (AvgIpc) is 2.18. The monoisotopic (exact) mass is 199 g/mol. The van der Waals surface area contributed by atoms with Crippen molar-refractivity contribution < 1.29 is 14.3 Å². The van der Waals surface area contributed by atoms with Gasteiger partial charge in [0.2, 0.25) is 0 Å². The maximum atomic E-state index is 13.4. The number of rotatable bonds is 4. The molecule has 0 aromatic heterocycles. The van der Waals surface area contributed by atoms with Gasteiger partial charge in [0.1, 0.15) is 0 Å². The standard InChI is InChI=1S/C10H14FNO2/c1-3-7-4-8(6-12-13)10(14-2)9(11)5-7/h4-5,12-13H,3,6H2,1-2H3. The minimum absolute atomic E-state index is 0.175. The number of halogens is 1. The Morgan fingerprint density at radius 2 is 2.21 bits per heavy atom. The SMILES string of the molecule is CCc1cc(F)c(OC)c(CNO)c1. The van der Waals surface area contributed by atoms with Crippen LogP contribution in [0.4, 0.5) is 4.39 Å². The first kappa shape index (κ1) is 10.9. The first-order valence-corrected chi connectivity index (χ1v) is 4.45. The van der Waals surface area contributed by atoms with Crippen LogP contribution in [0.5, 0.6) is 5.75 Å². The maximum absolute atomic E-state index is 13.4. The molecule has 1 rings (SSSR count). The molecule has 4 heteroatoms. The van der Waals surface area contributed by atoms with Crippen molar-refractivity contribution in [2.24, 2.45) is 0 Å². The molecule has 0 spiro atoms. The predicted octanol–water partition coefficient (Wildman–Crippen LogP) is 1.88. The summed E-state index contributed by atoms with van der Waals surface area (Å²) < 4.78 is 18.3. The quantitative estimate of drug-likeness (QED) is 0.727. The van der Waals surface area contributed by atoms with Crippen LogP contribution >= 0.6 is 0 Å². The highest BCUT2D eigenvalue weighted by Crippen LogP contribution is 2.24. The van der Waals surface area contributed by atoms with E-state index in [-0.39, 0.29) is 12.3 Å². The highest BCUT2D eigenvalue weighted by atomic mass is 19.1. The van der Waals surface area contributed by atoms with Crippen LogP contribution in [0.1, 0.15) is 18.1 Å². The molecular formula is C10H14FNO2. The van der Waals surface area contributed by atoms with Crippen LogP contribution in [0.15, 0.2) is 12.1 Å². The van der Waals surface area contributed by atoms with Crippen LogP contribution in [-0.4, -0.2) is 12.3 Å². The van der Waals surface area contributed by atoms with E-state index in [1.165, 1.54) is 13.2 Å². The Morgan fingerprint density at radius 1 is 1.50 bits per heavy atom. The summed E-state index contributed by atoms with van der Waals surface area (Å²) in [5.74, 6) is -0.208. The van der Waals surface area contributed by atoms with Crippen molar-refractivity contribution in [1.29, 1.82) is 0 Å². The zero-order valence-electron chi connectivity index (χ0n) is 8.30. The van der Waals surface area contributed by atoms with E-state index in [9.17, 15) is 4.39 Å². The molecular weight excluding hydrogens is 185 g/mol. The van der Waals surface area contributed by atoms with Gasteiger partial charge < -0.3 is 9.94 Å². The van der Waals surface area contributed by atoms with Crippen LogP contribution in [0.2, 0.25) is 0 Å². The van der Waals surface area contributed by atoms with Gasteiger partial charge in [0.15, 0.2) is 11.6 Å². The van der Waals surface area contributed by atoms with Gasteiger partial charge in [-0.15, -0.1) is 0 Å². The summed E-state index contributed by atoms with van der Waals surface area (Å²) >= 11 is 0. The van der Waals surface area contributed by atoms with Gasteiger partial charge in [-0.25, -0.2) is 9.87 Å². The molecule has 0 amide bonds. The molecule has 0 radical (unpaired) electrons. The Balaban J connectivity index is 3.13. The van der Waals surface area contributed by atoms with Crippen LogP contribution < -0.4 is 10.2 Å². The fourth-order valence-corrected chi connectivity index (χ4v) is 1.36. The number of hydroxylamine groups is 1. The molecule has 0 saturated carbocycles. The first-order chi connectivity index (χ1) is 6.72. The van der Waals surface area contributed by atoms with Crippen LogP contribution in [0.25, 0.3) is 0 Å². The van der Waals surface area contributed by atoms with E-state index in [1.54, 1.807) is 0 Å². The molecule has 78 valence electrons. The molecule has 0 saturated heterocycles. The molecule has 0 unspecified atom stereocenters. The smallest absolute Gasteiger partial charge is 0.165 e. The van der Waals surface area contributed by atoms with Crippen molar-refractivity contribution in [3.05, 3.63) is 29.1 Å². The summed E-state index contributed by atoms with van der Waals surface area (Å²) in [6.45, 7) is 2.12. The molecule has 0 aliphatic heterocycles. The van der Waals surface area contributed by atoms with Gasteiger partial charge in [-0.05, 0) is 18.1 Å². The normalized spacial score (nSPS) is 10.3. The van der Waals surface area contributed by atoms with Gasteiger partial charge in [-0.3, -0.25) is 0 Å². The van der Waals surface area contributed by atoms with Gasteiger partial charge >= 0.3 is 0 Å². The lowest BCUT2D eigenvalue weighted by molar-refractivity contribution is 0.160. The summed E-state index contributed by atoms with van der Waals surface area (Å²) in [5, 5.41) is 8.57. The molecule has 14 heavy (non-hydrogen) atoms. The Kier molecular flexibility index (Phi) is 3.85. The van der Waals surface area contributed by atoms with Crippen LogP contribution in [0.3, 0.4) is 0 Å². The largest absolute Gasteiger partial charge is 0.493 e. The molecule has 0 atom stereocenters. The van der Waals surface area contributed by atoms with Crippen molar-refractivity contribution in [3.63, 3.8) is 0 Å².